The van der Waals surface area contributed by atoms with Crippen LogP contribution < -0.4 is 5.84 Å². The van der Waals surface area contributed by atoms with Gasteiger partial charge in [0.2, 0.25) is 0 Å². The summed E-state index contributed by atoms with van der Waals surface area (Å²) >= 11 is 0. The highest BCUT2D eigenvalue weighted by molar-refractivity contribution is 4.19. The average molecular weight is 857 g/mol. The van der Waals surface area contributed by atoms with Gasteiger partial charge in [0, 0.05) is 225 Å². The topological polar surface area (TPSA) is 779 Å². The van der Waals surface area contributed by atoms with Crippen LogP contribution in [0.4, 0.5) is 0 Å². The summed E-state index contributed by atoms with van der Waals surface area (Å²) in [5.41, 5.74) is 6.26. The fourth-order valence-electron chi connectivity index (χ4n) is 1.03. The van der Waals surface area contributed by atoms with Gasteiger partial charge >= 0.3 is 0 Å². The molecule has 0 atom stereocenters. The molecule has 0 rings (SSSR count). The van der Waals surface area contributed by atoms with Gasteiger partial charge in [0.05, 0.1) is 0 Å². The van der Waals surface area contributed by atoms with E-state index in [1.165, 1.54) is 0 Å². The lowest BCUT2D eigenvalue weighted by Gasteiger charge is -1.70. The van der Waals surface area contributed by atoms with Crippen LogP contribution >= 0.6 is 0 Å². The lowest BCUT2D eigenvalue weighted by Crippen LogP contribution is -1.70. The standard InChI is InChI=1S/H3N61/c1-3-5-7-9-11-13-15-17-19-21-23-25-27-29-31-33-35-37-39-41-43-45-47-49-51-53-55-57-59-61-60-58-56-54-52-50-48-46-44-42-40-38-36-34-32-30-28-26-24-22-20-18-16-14-12-10-8-6-4-2/h(H3,1,2,5,6,9,10,13,14,17,18,21,22,25,26,29,30,33,34,37,38,41,42,45,46,49,50,53,54,57,58,61). The molecule has 0 heterocycles. The van der Waals surface area contributed by atoms with Crippen LogP contribution in [0.2, 0.25) is 0 Å². The zero-order chi connectivity index (χ0) is 43.7. The SMILES string of the molecule is N=N/N=N/N=N/N=N/N=N/N=N/N=N/N=N/N=N/N=N/N=N/N=N/N=N/N=N/N=N/N=N/N=N/N=N/N=N/N=N/N=N/N=N/N=N/N=N/N=N/N=N/N=N/N=N/N=N/N=N/N. The first-order chi connectivity index (χ1) is 30.4. The van der Waals surface area contributed by atoms with Crippen molar-refractivity contribution in [3.8, 4) is 0 Å². The van der Waals surface area contributed by atoms with Gasteiger partial charge < -0.3 is 5.84 Å². The van der Waals surface area contributed by atoms with Gasteiger partial charge in [0.25, 0.3) is 0 Å². The molecule has 0 radical (unpaired) electrons. The normalized spacial score (nSPS) is 15.4. The molecule has 0 aromatic carbocycles. The van der Waals surface area contributed by atoms with Crippen LogP contribution in [-0.4, -0.2) is 0 Å². The van der Waals surface area contributed by atoms with Gasteiger partial charge in [-0.05, 0) is 78.3 Å². The molecule has 308 valence electrons. The zero-order valence-electron chi connectivity index (χ0n) is 27.5. The minimum absolute atomic E-state index is 2.50. The number of hydrogen-bond donors (Lipinski definition) is 2. The Morgan fingerprint density at radius 3 is 0.295 bits per heavy atom. The highest BCUT2D eigenvalue weighted by Crippen LogP contribution is 1.94. The number of nitrogens with one attached hydrogen (secondary N) is 1. The van der Waals surface area contributed by atoms with E-state index in [1.54, 1.807) is 0 Å². The largest absolute Gasteiger partial charge is 0.303 e. The first-order valence-electron chi connectivity index (χ1n) is 12.1. The van der Waals surface area contributed by atoms with Gasteiger partial charge in [0.1, 0.15) is 0 Å². The quantitative estimate of drug-likeness (QED) is 0.0413. The maximum Gasteiger partial charge on any atom is 0 e. The van der Waals surface area contributed by atoms with E-state index in [0.717, 1.165) is 0 Å². The highest BCUT2D eigenvalue weighted by Gasteiger charge is 1.76. The molecule has 0 saturated carbocycles. The maximum atomic E-state index is 6.26. The van der Waals surface area contributed by atoms with Crippen LogP contribution in [0.15, 0.2) is 308 Å². The van der Waals surface area contributed by atoms with Crippen molar-refractivity contribution in [2.45, 2.75) is 0 Å². The Morgan fingerprint density at radius 2 is 0.213 bits per heavy atom. The molecule has 61 heavy (non-hydrogen) atoms. The van der Waals surface area contributed by atoms with Crippen molar-refractivity contribution in [3.63, 3.8) is 0 Å². The van der Waals surface area contributed by atoms with Gasteiger partial charge in [-0.1, -0.05) is 5.22 Å². The molecule has 0 aliphatic carbocycles. The summed E-state index contributed by atoms with van der Waals surface area (Å²) in [4.78, 5) is 0. The van der Waals surface area contributed by atoms with Crippen LogP contribution in [0.1, 0.15) is 0 Å². The molecule has 0 saturated heterocycles. The first-order valence-corrected chi connectivity index (χ1v) is 12.1. The molecule has 0 aromatic rings. The Hall–Kier alpha value is -12.2. The van der Waals surface area contributed by atoms with E-state index in [4.69, 9.17) is 5.53 Å². The van der Waals surface area contributed by atoms with Crippen molar-refractivity contribution in [2.75, 3.05) is 0 Å². The zero-order valence-corrected chi connectivity index (χ0v) is 27.5. The van der Waals surface area contributed by atoms with Crippen LogP contribution in [0, 0.1) is 5.53 Å². The monoisotopic (exact) mass is 857 g/mol. The van der Waals surface area contributed by atoms with Crippen molar-refractivity contribution in [3.05, 3.63) is 0 Å². The Balaban J connectivity index is 4.08. The molecule has 0 aliphatic heterocycles. The molecule has 61 heteroatoms. The summed E-state index contributed by atoms with van der Waals surface area (Å²) in [6.45, 7) is 0. The average Bonchev–Trinajstić information content (AvgIpc) is 3.27. The fraction of sp³-hybridized carbons (Fsp3) is 0. The number of rotatable bonds is 29. The van der Waals surface area contributed by atoms with Crippen molar-refractivity contribution in [2.24, 2.45) is 314 Å². The summed E-state index contributed by atoms with van der Waals surface area (Å²) in [6.07, 6.45) is 0. The van der Waals surface area contributed by atoms with E-state index in [2.05, 4.69) is 314 Å². The maximum absolute atomic E-state index is 6.26. The van der Waals surface area contributed by atoms with Gasteiger partial charge in [-0.25, -0.2) is 0 Å². The number of hydrogen-bond acceptors (Lipinski definition) is 2. The van der Waals surface area contributed by atoms with E-state index >= 15 is 0 Å². The third-order valence-electron chi connectivity index (χ3n) is 2.34. The van der Waals surface area contributed by atoms with Crippen LogP contribution in [0.3, 0.4) is 0 Å². The van der Waals surface area contributed by atoms with Crippen LogP contribution in [0.5, 0.6) is 0 Å². The van der Waals surface area contributed by atoms with E-state index in [1.807, 2.05) is 0 Å². The van der Waals surface area contributed by atoms with Crippen molar-refractivity contribution in [1.29, 1.82) is 5.53 Å². The second-order valence-electron chi connectivity index (χ2n) is 5.31. The van der Waals surface area contributed by atoms with Crippen LogP contribution in [0.25, 0.3) is 0 Å². The predicted molar refractivity (Wildman–Crippen MR) is 150 cm³/mol. The molecule has 0 fully saturated rings. The van der Waals surface area contributed by atoms with E-state index in [-0.39, 0.29) is 0 Å². The Kier molecular flexibility index (Phi) is 38.2. The van der Waals surface area contributed by atoms with E-state index in [0.29, 0.717) is 0 Å². The molecule has 0 aromatic heterocycles. The lowest BCUT2D eigenvalue weighted by atomic mass is 12.3. The van der Waals surface area contributed by atoms with Gasteiger partial charge in [-0.2, -0.15) is 5.53 Å². The van der Waals surface area contributed by atoms with E-state index in [9.17, 15) is 0 Å². The summed E-state index contributed by atoms with van der Waals surface area (Å²) in [5.74, 6) is 4.63. The van der Waals surface area contributed by atoms with Crippen molar-refractivity contribution in [1.82, 2.24) is 0 Å². The number of nitrogens with two attached hydrogens (primary N) is 1. The van der Waals surface area contributed by atoms with Gasteiger partial charge in [-0.15, -0.1) is 0 Å². The Labute approximate surface area is 320 Å². The molecular formula is H3N61. The second kappa shape index (κ2) is 47.8. The third kappa shape index (κ3) is 47.8. The minimum atomic E-state index is 2.50. The Bertz CT molecular complexity index is 2020. The second-order valence-corrected chi connectivity index (χ2v) is 5.31. The number of nitrogens with zero attached hydrogens (tertiary/aromatic N) is 59. The Morgan fingerprint density at radius 1 is 0.131 bits per heavy atom. The molecule has 0 aliphatic rings. The predicted octanol–water partition coefficient (Wildman–Crippen LogP) is 10.5. The van der Waals surface area contributed by atoms with Gasteiger partial charge in [-0.3, -0.25) is 0 Å². The molecule has 3 N–H and O–H groups in total. The van der Waals surface area contributed by atoms with Crippen LogP contribution in [-0.2, 0) is 0 Å². The molecule has 0 spiro atoms. The summed E-state index contributed by atoms with van der Waals surface area (Å²) in [7, 11) is 0. The highest BCUT2D eigenvalue weighted by atomic mass is 15.8. The molecular weight excluding hydrogens is 854 g/mol. The lowest BCUT2D eigenvalue weighted by molar-refractivity contribution is 0.724. The molecule has 0 bridgehead atoms. The fourth-order valence-corrected chi connectivity index (χ4v) is 1.03. The smallest absolute Gasteiger partial charge is 0 e. The summed E-state index contributed by atoms with van der Waals surface area (Å²) in [6, 6.07) is 0. The van der Waals surface area contributed by atoms with Gasteiger partial charge in [0.15, 0.2) is 0 Å². The molecule has 61 nitrogen and oxygen atoms in total. The first kappa shape index (κ1) is 48.8. The van der Waals surface area contributed by atoms with Crippen molar-refractivity contribution < 1.29 is 0 Å². The summed E-state index contributed by atoms with van der Waals surface area (Å²) < 4.78 is 0. The third-order valence-corrected chi connectivity index (χ3v) is 2.34. The summed E-state index contributed by atoms with van der Waals surface area (Å²) in [5, 5.41) is 175. The molecule has 0 amide bonds. The van der Waals surface area contributed by atoms with Crippen molar-refractivity contribution >= 4 is 0 Å². The van der Waals surface area contributed by atoms with E-state index < -0.39 is 0 Å². The molecule has 0 unspecified atom stereocenters. The minimum Gasteiger partial charge on any atom is -0.303 e.